The highest BCUT2D eigenvalue weighted by Crippen LogP contribution is 2.23. The zero-order valence-corrected chi connectivity index (χ0v) is 16.4. The van der Waals surface area contributed by atoms with Crippen molar-refractivity contribution in [2.45, 2.75) is 19.9 Å². The van der Waals surface area contributed by atoms with Crippen molar-refractivity contribution in [3.8, 4) is 0 Å². The second-order valence-corrected chi connectivity index (χ2v) is 7.15. The number of hydrogen-bond donors (Lipinski definition) is 2. The van der Waals surface area contributed by atoms with Crippen LogP contribution in [-0.4, -0.2) is 43.0 Å². The van der Waals surface area contributed by atoms with Gasteiger partial charge in [0.1, 0.15) is 0 Å². The van der Waals surface area contributed by atoms with Gasteiger partial charge in [-0.1, -0.05) is 43.3 Å². The van der Waals surface area contributed by atoms with Gasteiger partial charge in [0.15, 0.2) is 0 Å². The summed E-state index contributed by atoms with van der Waals surface area (Å²) in [5.74, 6) is -0.636. The van der Waals surface area contributed by atoms with Gasteiger partial charge >= 0.3 is 0 Å². The van der Waals surface area contributed by atoms with E-state index in [2.05, 4.69) is 5.32 Å². The zero-order valence-electron chi connectivity index (χ0n) is 16.4. The Morgan fingerprint density at radius 1 is 1.11 bits per heavy atom. The lowest BCUT2D eigenvalue weighted by molar-refractivity contribution is -0.120. The number of amides is 2. The van der Waals surface area contributed by atoms with Gasteiger partial charge in [0.25, 0.3) is 5.91 Å². The monoisotopic (exact) mass is 381 g/mol. The largest absolute Gasteiger partial charge is 0.378 e. The van der Waals surface area contributed by atoms with Gasteiger partial charge in [-0.15, -0.1) is 0 Å². The number of aryl methyl sites for hydroxylation is 1. The number of rotatable bonds is 5. The van der Waals surface area contributed by atoms with Gasteiger partial charge in [-0.05, 0) is 30.2 Å². The maximum atomic E-state index is 12.8. The van der Waals surface area contributed by atoms with E-state index >= 15 is 0 Å². The highest BCUT2D eigenvalue weighted by atomic mass is 16.5. The fraction of sp³-hybridized carbons (Fsp3) is 0.364. The standard InChI is InChI=1S/C22H27N3O3/c1-15-8-9-18(22(27)25-10-12-28-13-11-25)14-19(15)24-21(26)16(2)20(23)17-6-4-3-5-7-17/h3-9,14,16,20H,10-13,23H2,1-2H3,(H,24,26). The number of nitrogens with two attached hydrogens (primary N) is 1. The normalized spacial score (nSPS) is 16.3. The van der Waals surface area contributed by atoms with Crippen molar-refractivity contribution in [1.82, 2.24) is 4.90 Å². The molecule has 1 saturated heterocycles. The van der Waals surface area contributed by atoms with Crippen molar-refractivity contribution in [1.29, 1.82) is 0 Å². The van der Waals surface area contributed by atoms with Gasteiger partial charge in [0, 0.05) is 30.4 Å². The van der Waals surface area contributed by atoms with Crippen molar-refractivity contribution in [3.63, 3.8) is 0 Å². The third kappa shape index (κ3) is 4.58. The van der Waals surface area contributed by atoms with Crippen LogP contribution in [0.4, 0.5) is 5.69 Å². The first kappa shape index (κ1) is 20.0. The molecule has 1 heterocycles. The number of hydrogen-bond acceptors (Lipinski definition) is 4. The molecule has 0 bridgehead atoms. The Kier molecular flexibility index (Phi) is 6.44. The molecule has 2 atom stereocenters. The predicted octanol–water partition coefficient (Wildman–Crippen LogP) is 2.74. The Balaban J connectivity index is 1.72. The molecule has 0 aliphatic carbocycles. The fourth-order valence-electron chi connectivity index (χ4n) is 3.21. The number of ether oxygens (including phenoxy) is 1. The number of nitrogens with one attached hydrogen (secondary N) is 1. The van der Waals surface area contributed by atoms with Crippen LogP contribution >= 0.6 is 0 Å². The van der Waals surface area contributed by atoms with E-state index in [4.69, 9.17) is 10.5 Å². The van der Waals surface area contributed by atoms with Crippen LogP contribution in [0.2, 0.25) is 0 Å². The average Bonchev–Trinajstić information content (AvgIpc) is 2.75. The van der Waals surface area contributed by atoms with E-state index in [1.807, 2.05) is 50.2 Å². The van der Waals surface area contributed by atoms with Crippen LogP contribution in [0.15, 0.2) is 48.5 Å². The Bertz CT molecular complexity index is 832. The molecule has 1 fully saturated rings. The third-order valence-corrected chi connectivity index (χ3v) is 5.18. The molecule has 3 N–H and O–H groups in total. The van der Waals surface area contributed by atoms with Crippen LogP contribution in [-0.2, 0) is 9.53 Å². The first-order valence-electron chi connectivity index (χ1n) is 9.56. The molecule has 1 aliphatic heterocycles. The maximum Gasteiger partial charge on any atom is 0.254 e. The van der Waals surface area contributed by atoms with E-state index in [9.17, 15) is 9.59 Å². The summed E-state index contributed by atoms with van der Waals surface area (Å²) < 4.78 is 5.30. The lowest BCUT2D eigenvalue weighted by atomic mass is 9.94. The lowest BCUT2D eigenvalue weighted by Gasteiger charge is -2.27. The molecule has 6 nitrogen and oxygen atoms in total. The van der Waals surface area contributed by atoms with Crippen LogP contribution < -0.4 is 11.1 Å². The van der Waals surface area contributed by atoms with Gasteiger partial charge in [-0.2, -0.15) is 0 Å². The molecular formula is C22H27N3O3. The molecule has 148 valence electrons. The highest BCUT2D eigenvalue weighted by Gasteiger charge is 2.24. The minimum Gasteiger partial charge on any atom is -0.378 e. The third-order valence-electron chi connectivity index (χ3n) is 5.18. The van der Waals surface area contributed by atoms with E-state index in [1.54, 1.807) is 17.0 Å². The Morgan fingerprint density at radius 3 is 2.46 bits per heavy atom. The number of carbonyl (C=O) groups excluding carboxylic acids is 2. The van der Waals surface area contributed by atoms with Crippen molar-refractivity contribution < 1.29 is 14.3 Å². The molecule has 2 aromatic rings. The van der Waals surface area contributed by atoms with Gasteiger partial charge < -0.3 is 20.7 Å². The van der Waals surface area contributed by atoms with Gasteiger partial charge in [-0.25, -0.2) is 0 Å². The van der Waals surface area contributed by atoms with E-state index in [1.165, 1.54) is 0 Å². The van der Waals surface area contributed by atoms with Gasteiger partial charge in [0.05, 0.1) is 19.1 Å². The predicted molar refractivity (Wildman–Crippen MR) is 109 cm³/mol. The molecule has 3 rings (SSSR count). The van der Waals surface area contributed by atoms with Crippen LogP contribution in [0.1, 0.15) is 34.5 Å². The Hall–Kier alpha value is -2.70. The summed E-state index contributed by atoms with van der Waals surface area (Å²) in [6, 6.07) is 14.6. The number of carbonyl (C=O) groups is 2. The lowest BCUT2D eigenvalue weighted by Crippen LogP contribution is -2.40. The summed E-state index contributed by atoms with van der Waals surface area (Å²) in [7, 11) is 0. The summed E-state index contributed by atoms with van der Waals surface area (Å²) in [6.07, 6.45) is 0. The molecule has 0 saturated carbocycles. The first-order chi connectivity index (χ1) is 13.5. The molecule has 2 amide bonds. The fourth-order valence-corrected chi connectivity index (χ4v) is 3.21. The van der Waals surface area contributed by atoms with Crippen molar-refractivity contribution >= 4 is 17.5 Å². The molecule has 0 spiro atoms. The first-order valence-corrected chi connectivity index (χ1v) is 9.56. The molecule has 2 unspecified atom stereocenters. The van der Waals surface area contributed by atoms with E-state index in [-0.39, 0.29) is 11.8 Å². The summed E-state index contributed by atoms with van der Waals surface area (Å²) in [5.41, 5.74) is 9.28. The van der Waals surface area contributed by atoms with E-state index < -0.39 is 12.0 Å². The smallest absolute Gasteiger partial charge is 0.254 e. The van der Waals surface area contributed by atoms with Crippen molar-refractivity contribution in [2.75, 3.05) is 31.6 Å². The van der Waals surface area contributed by atoms with Crippen LogP contribution in [0.3, 0.4) is 0 Å². The average molecular weight is 381 g/mol. The summed E-state index contributed by atoms with van der Waals surface area (Å²) in [5, 5.41) is 2.94. The van der Waals surface area contributed by atoms with Crippen LogP contribution in [0.25, 0.3) is 0 Å². The molecule has 0 aromatic heterocycles. The second-order valence-electron chi connectivity index (χ2n) is 7.15. The number of benzene rings is 2. The SMILES string of the molecule is Cc1ccc(C(=O)N2CCOCC2)cc1NC(=O)C(C)C(N)c1ccccc1. The molecule has 0 radical (unpaired) electrons. The number of nitrogens with zero attached hydrogens (tertiary/aromatic N) is 1. The maximum absolute atomic E-state index is 12.8. The topological polar surface area (TPSA) is 84.7 Å². The number of anilines is 1. The minimum absolute atomic E-state index is 0.0483. The molecule has 6 heteroatoms. The summed E-state index contributed by atoms with van der Waals surface area (Å²) in [4.78, 5) is 27.2. The van der Waals surface area contributed by atoms with Gasteiger partial charge in [0.2, 0.25) is 5.91 Å². The van der Waals surface area contributed by atoms with E-state index in [0.29, 0.717) is 37.6 Å². The molecular weight excluding hydrogens is 354 g/mol. The Labute approximate surface area is 165 Å². The van der Waals surface area contributed by atoms with Crippen LogP contribution in [0, 0.1) is 12.8 Å². The van der Waals surface area contributed by atoms with Crippen molar-refractivity contribution in [2.24, 2.45) is 11.7 Å². The zero-order chi connectivity index (χ0) is 20.1. The molecule has 1 aliphatic rings. The Morgan fingerprint density at radius 2 is 1.79 bits per heavy atom. The molecule has 2 aromatic carbocycles. The quantitative estimate of drug-likeness (QED) is 0.834. The van der Waals surface area contributed by atoms with Crippen LogP contribution in [0.5, 0.6) is 0 Å². The number of morpholine rings is 1. The summed E-state index contributed by atoms with van der Waals surface area (Å²) >= 11 is 0. The molecule has 28 heavy (non-hydrogen) atoms. The van der Waals surface area contributed by atoms with E-state index in [0.717, 1.165) is 11.1 Å². The van der Waals surface area contributed by atoms with Gasteiger partial charge in [-0.3, -0.25) is 9.59 Å². The summed E-state index contributed by atoms with van der Waals surface area (Å²) in [6.45, 7) is 5.98. The minimum atomic E-state index is -0.416. The van der Waals surface area contributed by atoms with Crippen molar-refractivity contribution in [3.05, 3.63) is 65.2 Å². The highest BCUT2D eigenvalue weighted by molar-refractivity contribution is 5.98. The second kappa shape index (κ2) is 8.99.